The van der Waals surface area contributed by atoms with Crippen molar-refractivity contribution >= 4 is 17.8 Å². The second-order valence-electron chi connectivity index (χ2n) is 8.94. The molecule has 2 saturated heterocycles. The monoisotopic (exact) mass is 441 g/mol. The Morgan fingerprint density at radius 1 is 1.31 bits per heavy atom. The third kappa shape index (κ3) is 3.63. The smallest absolute Gasteiger partial charge is 0.325 e. The highest BCUT2D eigenvalue weighted by Gasteiger charge is 2.56. The number of amides is 4. The fraction of sp³-hybridized carbons (Fsp3) is 0.500. The number of rotatable bonds is 5. The largest absolute Gasteiger partial charge is 0.340 e. The summed E-state index contributed by atoms with van der Waals surface area (Å²) in [5.74, 6) is -0.349. The second-order valence-corrected chi connectivity index (χ2v) is 8.94. The van der Waals surface area contributed by atoms with Gasteiger partial charge in [-0.25, -0.2) is 9.18 Å². The molecule has 1 aliphatic carbocycles. The van der Waals surface area contributed by atoms with Crippen LogP contribution >= 0.6 is 0 Å². The molecule has 1 aromatic heterocycles. The van der Waals surface area contributed by atoms with Gasteiger partial charge in [-0.2, -0.15) is 4.98 Å². The lowest BCUT2D eigenvalue weighted by Gasteiger charge is -2.32. The van der Waals surface area contributed by atoms with Gasteiger partial charge >= 0.3 is 6.03 Å². The summed E-state index contributed by atoms with van der Waals surface area (Å²) < 4.78 is 18.9. The number of nitrogens with zero attached hydrogens (tertiary/aromatic N) is 4. The zero-order chi connectivity index (χ0) is 22.5. The number of nitrogens with one attached hydrogen (secondary N) is 1. The van der Waals surface area contributed by atoms with Gasteiger partial charge in [0.1, 0.15) is 17.9 Å². The SMILES string of the molecule is CC1(C2CC2)NC(=O)N(CC(=O)N2CCCC(c3nc(-c4cccc(F)c4)no3)C2)C1=O. The van der Waals surface area contributed by atoms with E-state index in [1.165, 1.54) is 12.1 Å². The topological polar surface area (TPSA) is 109 Å². The number of carbonyl (C=O) groups is 3. The average molecular weight is 441 g/mol. The number of aromatic nitrogens is 2. The molecule has 2 atom stereocenters. The molecule has 2 unspecified atom stereocenters. The highest BCUT2D eigenvalue weighted by molar-refractivity contribution is 6.09. The molecule has 3 heterocycles. The van der Waals surface area contributed by atoms with Crippen LogP contribution in [0.4, 0.5) is 9.18 Å². The summed E-state index contributed by atoms with van der Waals surface area (Å²) in [5.41, 5.74) is -0.389. The number of likely N-dealkylation sites (tertiary alicyclic amines) is 1. The second kappa shape index (κ2) is 7.68. The van der Waals surface area contributed by atoms with Crippen molar-refractivity contribution in [2.75, 3.05) is 19.6 Å². The van der Waals surface area contributed by atoms with E-state index in [-0.39, 0.29) is 36.0 Å². The van der Waals surface area contributed by atoms with E-state index in [4.69, 9.17) is 4.52 Å². The minimum Gasteiger partial charge on any atom is -0.340 e. The highest BCUT2D eigenvalue weighted by atomic mass is 19.1. The Labute approximate surface area is 183 Å². The van der Waals surface area contributed by atoms with Crippen LogP contribution in [0.1, 0.15) is 44.4 Å². The molecule has 0 radical (unpaired) electrons. The first-order valence-electron chi connectivity index (χ1n) is 10.9. The quantitative estimate of drug-likeness (QED) is 0.714. The number of imide groups is 1. The lowest BCUT2D eigenvalue weighted by Crippen LogP contribution is -2.48. The predicted octanol–water partition coefficient (Wildman–Crippen LogP) is 2.30. The van der Waals surface area contributed by atoms with Gasteiger partial charge in [-0.1, -0.05) is 17.3 Å². The van der Waals surface area contributed by atoms with E-state index in [0.29, 0.717) is 30.4 Å². The highest BCUT2D eigenvalue weighted by Crippen LogP contribution is 2.42. The number of benzene rings is 1. The summed E-state index contributed by atoms with van der Waals surface area (Å²) in [6, 6.07) is 5.43. The minimum atomic E-state index is -0.904. The molecule has 32 heavy (non-hydrogen) atoms. The van der Waals surface area contributed by atoms with Crippen LogP contribution in [0.15, 0.2) is 28.8 Å². The first-order valence-corrected chi connectivity index (χ1v) is 10.9. The standard InChI is InChI=1S/C22H24FN5O4/c1-22(15-7-8-15)20(30)28(21(31)25-22)12-17(29)27-9-3-5-14(11-27)19-24-18(26-32-19)13-4-2-6-16(23)10-13/h2,4,6,10,14-15H,3,5,7-9,11-12H2,1H3,(H,25,31). The lowest BCUT2D eigenvalue weighted by atomic mass is 9.96. The molecule has 10 heteroatoms. The first-order chi connectivity index (χ1) is 15.3. The fourth-order valence-electron chi connectivity index (χ4n) is 4.58. The molecule has 9 nitrogen and oxygen atoms in total. The van der Waals surface area contributed by atoms with Crippen LogP contribution in [0.3, 0.4) is 0 Å². The Morgan fingerprint density at radius 3 is 2.88 bits per heavy atom. The molecule has 2 aromatic rings. The van der Waals surface area contributed by atoms with Gasteiger partial charge in [-0.3, -0.25) is 14.5 Å². The van der Waals surface area contributed by atoms with E-state index in [0.717, 1.165) is 30.6 Å². The third-order valence-electron chi connectivity index (χ3n) is 6.64. The van der Waals surface area contributed by atoms with Crippen LogP contribution in [0.2, 0.25) is 0 Å². The number of carbonyl (C=O) groups excluding carboxylic acids is 3. The van der Waals surface area contributed by atoms with Crippen LogP contribution in [-0.4, -0.2) is 63.0 Å². The van der Waals surface area contributed by atoms with Crippen molar-refractivity contribution in [2.24, 2.45) is 5.92 Å². The molecule has 168 valence electrons. The zero-order valence-corrected chi connectivity index (χ0v) is 17.7. The van der Waals surface area contributed by atoms with Crippen LogP contribution in [0.25, 0.3) is 11.4 Å². The molecule has 1 N–H and O–H groups in total. The normalized spacial score (nSPS) is 25.9. The van der Waals surface area contributed by atoms with Crippen molar-refractivity contribution in [1.29, 1.82) is 0 Å². The van der Waals surface area contributed by atoms with Gasteiger partial charge in [0.25, 0.3) is 5.91 Å². The van der Waals surface area contributed by atoms with Gasteiger partial charge in [0.15, 0.2) is 0 Å². The number of hydrogen-bond donors (Lipinski definition) is 1. The maximum Gasteiger partial charge on any atom is 0.325 e. The summed E-state index contributed by atoms with van der Waals surface area (Å²) in [6.07, 6.45) is 3.30. The van der Waals surface area contributed by atoms with E-state index in [1.54, 1.807) is 24.0 Å². The molecule has 2 aliphatic heterocycles. The minimum absolute atomic E-state index is 0.142. The first kappa shape index (κ1) is 20.6. The Bertz CT molecular complexity index is 1080. The maximum atomic E-state index is 13.5. The summed E-state index contributed by atoms with van der Waals surface area (Å²) in [5, 5.41) is 6.72. The number of hydrogen-bond acceptors (Lipinski definition) is 6. The average Bonchev–Trinajstić information content (AvgIpc) is 3.49. The van der Waals surface area contributed by atoms with Crippen molar-refractivity contribution in [3.05, 3.63) is 36.0 Å². The van der Waals surface area contributed by atoms with Crippen LogP contribution in [-0.2, 0) is 9.59 Å². The summed E-state index contributed by atoms with van der Waals surface area (Å²) in [7, 11) is 0. The van der Waals surface area contributed by atoms with Gasteiger partial charge < -0.3 is 14.7 Å². The van der Waals surface area contributed by atoms with E-state index in [1.807, 2.05) is 0 Å². The van der Waals surface area contributed by atoms with Gasteiger partial charge in [0, 0.05) is 18.7 Å². The maximum absolute atomic E-state index is 13.5. The predicted molar refractivity (Wildman–Crippen MR) is 110 cm³/mol. The molecule has 5 rings (SSSR count). The molecule has 3 aliphatic rings. The molecular weight excluding hydrogens is 417 g/mol. The summed E-state index contributed by atoms with van der Waals surface area (Å²) in [4.78, 5) is 45.1. The van der Waals surface area contributed by atoms with Gasteiger partial charge in [-0.15, -0.1) is 0 Å². The number of piperidine rings is 1. The Hall–Kier alpha value is -3.30. The lowest BCUT2D eigenvalue weighted by molar-refractivity contribution is -0.139. The van der Waals surface area contributed by atoms with Crippen molar-refractivity contribution in [3.63, 3.8) is 0 Å². The van der Waals surface area contributed by atoms with Crippen molar-refractivity contribution in [3.8, 4) is 11.4 Å². The van der Waals surface area contributed by atoms with Crippen molar-refractivity contribution in [2.45, 2.75) is 44.1 Å². The fourth-order valence-corrected chi connectivity index (χ4v) is 4.58. The van der Waals surface area contributed by atoms with Crippen molar-refractivity contribution < 1.29 is 23.3 Å². The third-order valence-corrected chi connectivity index (χ3v) is 6.64. The Balaban J connectivity index is 1.25. The van der Waals surface area contributed by atoms with Gasteiger partial charge in [0.05, 0.1) is 5.92 Å². The molecule has 0 spiro atoms. The Kier molecular flexibility index (Phi) is 4.94. The zero-order valence-electron chi connectivity index (χ0n) is 17.7. The summed E-state index contributed by atoms with van der Waals surface area (Å²) in [6.45, 7) is 2.34. The van der Waals surface area contributed by atoms with Gasteiger partial charge in [-0.05, 0) is 50.7 Å². The van der Waals surface area contributed by atoms with E-state index < -0.39 is 11.6 Å². The van der Waals surface area contributed by atoms with Gasteiger partial charge in [0.2, 0.25) is 17.6 Å². The molecular formula is C22H24FN5O4. The van der Waals surface area contributed by atoms with Crippen LogP contribution in [0.5, 0.6) is 0 Å². The van der Waals surface area contributed by atoms with E-state index in [2.05, 4.69) is 15.5 Å². The summed E-state index contributed by atoms with van der Waals surface area (Å²) >= 11 is 0. The van der Waals surface area contributed by atoms with Crippen LogP contribution in [0, 0.1) is 11.7 Å². The van der Waals surface area contributed by atoms with Crippen molar-refractivity contribution in [1.82, 2.24) is 25.3 Å². The number of urea groups is 1. The molecule has 1 saturated carbocycles. The van der Waals surface area contributed by atoms with Crippen LogP contribution < -0.4 is 5.32 Å². The van der Waals surface area contributed by atoms with E-state index in [9.17, 15) is 18.8 Å². The molecule has 3 fully saturated rings. The molecule has 1 aromatic carbocycles. The van der Waals surface area contributed by atoms with E-state index >= 15 is 0 Å². The Morgan fingerprint density at radius 2 is 2.12 bits per heavy atom. The molecule has 0 bridgehead atoms. The molecule has 4 amide bonds. The number of halogens is 1.